The lowest BCUT2D eigenvalue weighted by Crippen LogP contribution is -2.09. The molecule has 0 aliphatic carbocycles. The summed E-state index contributed by atoms with van der Waals surface area (Å²) in [5.74, 6) is 0.835. The SMILES string of the molecule is COc1ccc2c(c1)C(C)C(=O)c1ccccc1S2. The fourth-order valence-corrected chi connectivity index (χ4v) is 3.49. The average molecular weight is 270 g/mol. The van der Waals surface area contributed by atoms with Gasteiger partial charge in [0.25, 0.3) is 0 Å². The van der Waals surface area contributed by atoms with Crippen molar-refractivity contribution in [1.82, 2.24) is 0 Å². The Labute approximate surface area is 116 Å². The molecular formula is C16H14O2S. The lowest BCUT2D eigenvalue weighted by Gasteiger charge is -2.12. The predicted molar refractivity (Wildman–Crippen MR) is 76.3 cm³/mol. The number of carbonyl (C=O) groups excluding carboxylic acids is 1. The number of carbonyl (C=O) groups is 1. The van der Waals surface area contributed by atoms with Gasteiger partial charge in [-0.1, -0.05) is 36.9 Å². The van der Waals surface area contributed by atoms with Crippen molar-refractivity contribution >= 4 is 17.5 Å². The third kappa shape index (κ3) is 2.04. The molecule has 2 aromatic rings. The summed E-state index contributed by atoms with van der Waals surface area (Å²) in [7, 11) is 1.65. The van der Waals surface area contributed by atoms with E-state index in [9.17, 15) is 4.79 Å². The van der Waals surface area contributed by atoms with Crippen LogP contribution >= 0.6 is 11.8 Å². The van der Waals surface area contributed by atoms with Gasteiger partial charge in [0.1, 0.15) is 5.75 Å². The Hall–Kier alpha value is -1.74. The standard InChI is InChI=1S/C16H14O2S/c1-10-13-9-11(18-2)7-8-15(13)19-14-6-4-3-5-12(14)16(10)17/h3-10H,1-2H3. The van der Waals surface area contributed by atoms with Gasteiger partial charge >= 0.3 is 0 Å². The van der Waals surface area contributed by atoms with E-state index in [1.165, 1.54) is 0 Å². The van der Waals surface area contributed by atoms with Crippen LogP contribution in [0.2, 0.25) is 0 Å². The lowest BCUT2D eigenvalue weighted by atomic mass is 9.92. The molecule has 3 rings (SSSR count). The second kappa shape index (κ2) is 4.74. The lowest BCUT2D eigenvalue weighted by molar-refractivity contribution is 0.0963. The molecule has 2 nitrogen and oxygen atoms in total. The molecule has 0 radical (unpaired) electrons. The second-order valence-corrected chi connectivity index (χ2v) is 5.67. The summed E-state index contributed by atoms with van der Waals surface area (Å²) in [6.45, 7) is 1.96. The highest BCUT2D eigenvalue weighted by molar-refractivity contribution is 7.99. The molecular weight excluding hydrogens is 256 g/mol. The van der Waals surface area contributed by atoms with E-state index >= 15 is 0 Å². The van der Waals surface area contributed by atoms with Crippen molar-refractivity contribution < 1.29 is 9.53 Å². The van der Waals surface area contributed by atoms with Crippen LogP contribution in [0.3, 0.4) is 0 Å². The maximum Gasteiger partial charge on any atom is 0.171 e. The van der Waals surface area contributed by atoms with Crippen LogP contribution in [-0.4, -0.2) is 12.9 Å². The Morgan fingerprint density at radius 2 is 1.89 bits per heavy atom. The highest BCUT2D eigenvalue weighted by Gasteiger charge is 2.26. The minimum absolute atomic E-state index is 0.138. The van der Waals surface area contributed by atoms with E-state index in [0.717, 1.165) is 26.7 Å². The van der Waals surface area contributed by atoms with E-state index in [1.807, 2.05) is 49.4 Å². The zero-order valence-corrected chi connectivity index (χ0v) is 11.7. The second-order valence-electron chi connectivity index (χ2n) is 4.59. The van der Waals surface area contributed by atoms with Crippen LogP contribution in [0.5, 0.6) is 5.75 Å². The number of rotatable bonds is 1. The van der Waals surface area contributed by atoms with Crippen LogP contribution in [0.4, 0.5) is 0 Å². The van der Waals surface area contributed by atoms with Gasteiger partial charge in [-0.2, -0.15) is 0 Å². The van der Waals surface area contributed by atoms with Gasteiger partial charge in [-0.05, 0) is 29.8 Å². The normalized spacial score (nSPS) is 17.4. The first-order valence-corrected chi connectivity index (χ1v) is 7.01. The molecule has 1 aliphatic rings. The van der Waals surface area contributed by atoms with Crippen molar-refractivity contribution in [3.8, 4) is 5.75 Å². The summed E-state index contributed by atoms with van der Waals surface area (Å²) < 4.78 is 5.26. The van der Waals surface area contributed by atoms with Crippen molar-refractivity contribution in [2.24, 2.45) is 0 Å². The smallest absolute Gasteiger partial charge is 0.171 e. The van der Waals surface area contributed by atoms with E-state index in [4.69, 9.17) is 4.74 Å². The molecule has 0 fully saturated rings. The number of hydrogen-bond acceptors (Lipinski definition) is 3. The fourth-order valence-electron chi connectivity index (χ4n) is 2.34. The Balaban J connectivity index is 2.19. The molecule has 1 aliphatic heterocycles. The zero-order valence-electron chi connectivity index (χ0n) is 10.8. The van der Waals surface area contributed by atoms with Gasteiger partial charge in [0.15, 0.2) is 5.78 Å². The van der Waals surface area contributed by atoms with E-state index in [-0.39, 0.29) is 11.7 Å². The molecule has 2 aromatic carbocycles. The molecule has 19 heavy (non-hydrogen) atoms. The van der Waals surface area contributed by atoms with Crippen molar-refractivity contribution in [3.63, 3.8) is 0 Å². The van der Waals surface area contributed by atoms with Crippen LogP contribution in [0, 0.1) is 0 Å². The molecule has 1 unspecified atom stereocenters. The largest absolute Gasteiger partial charge is 0.497 e. The number of benzene rings is 2. The molecule has 0 amide bonds. The molecule has 0 aromatic heterocycles. The Bertz CT molecular complexity index is 649. The van der Waals surface area contributed by atoms with E-state index in [0.29, 0.717) is 0 Å². The van der Waals surface area contributed by atoms with Crippen LogP contribution < -0.4 is 4.74 Å². The third-order valence-corrected chi connectivity index (χ3v) is 4.62. The number of methoxy groups -OCH3 is 1. The first kappa shape index (κ1) is 12.3. The summed E-state index contributed by atoms with van der Waals surface area (Å²) in [5, 5.41) is 0. The van der Waals surface area contributed by atoms with Crippen molar-refractivity contribution in [1.29, 1.82) is 0 Å². The predicted octanol–water partition coefficient (Wildman–Crippen LogP) is 4.15. The highest BCUT2D eigenvalue weighted by atomic mass is 32.2. The fraction of sp³-hybridized carbons (Fsp3) is 0.188. The van der Waals surface area contributed by atoms with E-state index in [2.05, 4.69) is 0 Å². The van der Waals surface area contributed by atoms with Gasteiger partial charge in [0.2, 0.25) is 0 Å². The molecule has 96 valence electrons. The van der Waals surface area contributed by atoms with Crippen molar-refractivity contribution in [2.75, 3.05) is 7.11 Å². The minimum atomic E-state index is -0.138. The molecule has 1 heterocycles. The molecule has 3 heteroatoms. The molecule has 0 N–H and O–H groups in total. The summed E-state index contributed by atoms with van der Waals surface area (Å²) in [6, 6.07) is 13.7. The first-order chi connectivity index (χ1) is 9.20. The monoisotopic (exact) mass is 270 g/mol. The third-order valence-electron chi connectivity index (χ3n) is 3.45. The number of ketones is 1. The number of hydrogen-bond donors (Lipinski definition) is 0. The maximum atomic E-state index is 12.5. The van der Waals surface area contributed by atoms with Crippen LogP contribution in [-0.2, 0) is 0 Å². The Morgan fingerprint density at radius 3 is 2.68 bits per heavy atom. The molecule has 0 spiro atoms. The van der Waals surface area contributed by atoms with E-state index < -0.39 is 0 Å². The topological polar surface area (TPSA) is 26.3 Å². The van der Waals surface area contributed by atoms with Crippen LogP contribution in [0.15, 0.2) is 52.3 Å². The quantitative estimate of drug-likeness (QED) is 0.778. The molecule has 1 atom stereocenters. The summed E-state index contributed by atoms with van der Waals surface area (Å²) in [5.41, 5.74) is 1.86. The van der Waals surface area contributed by atoms with Crippen molar-refractivity contribution in [3.05, 3.63) is 53.6 Å². The first-order valence-electron chi connectivity index (χ1n) is 6.19. The van der Waals surface area contributed by atoms with Gasteiger partial charge in [-0.3, -0.25) is 4.79 Å². The molecule has 0 saturated heterocycles. The van der Waals surface area contributed by atoms with Crippen molar-refractivity contribution in [2.45, 2.75) is 22.6 Å². The zero-order chi connectivity index (χ0) is 13.4. The summed E-state index contributed by atoms with van der Waals surface area (Å²) >= 11 is 1.65. The number of Topliss-reactive ketones (excluding diaryl/α,β-unsaturated/α-hetero) is 1. The van der Waals surface area contributed by atoms with Gasteiger partial charge in [-0.25, -0.2) is 0 Å². The van der Waals surface area contributed by atoms with Gasteiger partial charge in [0, 0.05) is 21.3 Å². The number of ether oxygens (including phenoxy) is 1. The Morgan fingerprint density at radius 1 is 1.11 bits per heavy atom. The average Bonchev–Trinajstić information content (AvgIpc) is 2.56. The summed E-state index contributed by atoms with van der Waals surface area (Å²) in [6.07, 6.45) is 0. The van der Waals surface area contributed by atoms with Crippen LogP contribution in [0.25, 0.3) is 0 Å². The summed E-state index contributed by atoms with van der Waals surface area (Å²) in [4.78, 5) is 14.7. The number of fused-ring (bicyclic) bond motifs is 2. The highest BCUT2D eigenvalue weighted by Crippen LogP contribution is 2.42. The van der Waals surface area contributed by atoms with E-state index in [1.54, 1.807) is 18.9 Å². The van der Waals surface area contributed by atoms with Gasteiger partial charge in [-0.15, -0.1) is 0 Å². The van der Waals surface area contributed by atoms with Crippen LogP contribution in [0.1, 0.15) is 28.8 Å². The molecule has 0 bridgehead atoms. The maximum absolute atomic E-state index is 12.5. The van der Waals surface area contributed by atoms with Gasteiger partial charge < -0.3 is 4.74 Å². The Kier molecular flexibility index (Phi) is 3.07. The molecule has 0 saturated carbocycles. The minimum Gasteiger partial charge on any atom is -0.497 e. The van der Waals surface area contributed by atoms with Gasteiger partial charge in [0.05, 0.1) is 7.11 Å².